The maximum atomic E-state index is 11.7. The number of hydrogen-bond donors (Lipinski definition) is 3. The first kappa shape index (κ1) is 20.0. The highest BCUT2D eigenvalue weighted by Crippen LogP contribution is 2.24. The van der Waals surface area contributed by atoms with E-state index in [1.54, 1.807) is 30.3 Å². The molecule has 2 rings (SSSR count). The molecule has 0 saturated carbocycles. The Morgan fingerprint density at radius 3 is 2.69 bits per heavy atom. The van der Waals surface area contributed by atoms with Crippen molar-refractivity contribution in [1.82, 2.24) is 21.0 Å². The molecule has 0 aliphatic carbocycles. The van der Waals surface area contributed by atoms with Crippen molar-refractivity contribution in [1.29, 1.82) is 0 Å². The lowest BCUT2D eigenvalue weighted by atomic mass is 10.3. The van der Waals surface area contributed by atoms with Crippen LogP contribution in [0.3, 0.4) is 0 Å². The van der Waals surface area contributed by atoms with Crippen molar-refractivity contribution in [3.8, 4) is 5.75 Å². The van der Waals surface area contributed by atoms with Gasteiger partial charge < -0.3 is 10.1 Å². The topological polar surface area (TPSA) is 105 Å². The quantitative estimate of drug-likeness (QED) is 0.328. The fraction of sp³-hybridized carbons (Fsp3) is 0.200. The van der Waals surface area contributed by atoms with Gasteiger partial charge in [0, 0.05) is 11.6 Å². The van der Waals surface area contributed by atoms with Crippen LogP contribution < -0.4 is 20.9 Å². The first-order chi connectivity index (χ1) is 12.6. The third kappa shape index (κ3) is 7.30. The molecule has 0 aliphatic heterocycles. The molecule has 2 aromatic rings. The molecule has 26 heavy (non-hydrogen) atoms. The van der Waals surface area contributed by atoms with Gasteiger partial charge in [0.15, 0.2) is 10.9 Å². The highest BCUT2D eigenvalue weighted by molar-refractivity contribution is 8.01. The molecule has 1 aromatic carbocycles. The zero-order chi connectivity index (χ0) is 18.8. The molecule has 8 nitrogen and oxygen atoms in total. The Bertz CT molecular complexity index is 754. The highest BCUT2D eigenvalue weighted by Gasteiger charge is 2.09. The van der Waals surface area contributed by atoms with Crippen molar-refractivity contribution >= 4 is 51.6 Å². The molecule has 0 bridgehead atoms. The molecule has 0 radical (unpaired) electrons. The molecule has 2 amide bonds. The first-order valence-electron chi connectivity index (χ1n) is 7.34. The Kier molecular flexibility index (Phi) is 8.19. The van der Waals surface area contributed by atoms with Gasteiger partial charge in [0.05, 0.1) is 5.75 Å². The van der Waals surface area contributed by atoms with Crippen molar-refractivity contribution < 1.29 is 14.3 Å². The van der Waals surface area contributed by atoms with E-state index < -0.39 is 5.91 Å². The Hall–Kier alpha value is -2.30. The molecule has 0 fully saturated rings. The van der Waals surface area contributed by atoms with Gasteiger partial charge in [-0.1, -0.05) is 40.8 Å². The number of nitrogens with one attached hydrogen (secondary N) is 3. The average molecular weight is 414 g/mol. The Balaban J connectivity index is 1.63. The third-order valence-electron chi connectivity index (χ3n) is 2.66. The number of carbonyl (C=O) groups is 2. The molecule has 0 spiro atoms. The van der Waals surface area contributed by atoms with Gasteiger partial charge in [-0.15, -0.1) is 16.8 Å². The van der Waals surface area contributed by atoms with Crippen LogP contribution in [0.25, 0.3) is 0 Å². The van der Waals surface area contributed by atoms with E-state index in [0.29, 0.717) is 26.8 Å². The maximum absolute atomic E-state index is 11.7. The Morgan fingerprint density at radius 2 is 1.96 bits per heavy atom. The van der Waals surface area contributed by atoms with Crippen LogP contribution in [-0.4, -0.2) is 40.9 Å². The lowest BCUT2D eigenvalue weighted by Crippen LogP contribution is -2.44. The normalized spacial score (nSPS) is 10.0. The predicted octanol–water partition coefficient (Wildman–Crippen LogP) is 2.11. The molecular weight excluding hydrogens is 398 g/mol. The fourth-order valence-corrected chi connectivity index (χ4v) is 3.20. The summed E-state index contributed by atoms with van der Waals surface area (Å²) in [7, 11) is 0. The molecule has 1 aromatic heterocycles. The zero-order valence-corrected chi connectivity index (χ0v) is 15.9. The summed E-state index contributed by atoms with van der Waals surface area (Å²) in [5.41, 5.74) is 4.58. The number of aromatic nitrogens is 2. The van der Waals surface area contributed by atoms with E-state index in [9.17, 15) is 9.59 Å². The Labute approximate surface area is 163 Å². The molecule has 0 unspecified atom stereocenters. The number of benzene rings is 1. The van der Waals surface area contributed by atoms with Crippen LogP contribution in [0.5, 0.6) is 5.75 Å². The minimum Gasteiger partial charge on any atom is -0.484 e. The van der Waals surface area contributed by atoms with Gasteiger partial charge >= 0.3 is 0 Å². The van der Waals surface area contributed by atoms with Crippen LogP contribution in [0.2, 0.25) is 5.02 Å². The number of ether oxygens (including phenoxy) is 1. The van der Waals surface area contributed by atoms with E-state index in [4.69, 9.17) is 16.3 Å². The second-order valence-electron chi connectivity index (χ2n) is 4.67. The van der Waals surface area contributed by atoms with Gasteiger partial charge in [-0.05, 0) is 24.3 Å². The second kappa shape index (κ2) is 10.6. The molecule has 1 heterocycles. The van der Waals surface area contributed by atoms with E-state index in [2.05, 4.69) is 32.9 Å². The Morgan fingerprint density at radius 1 is 1.23 bits per heavy atom. The van der Waals surface area contributed by atoms with Crippen LogP contribution in [0.15, 0.2) is 41.3 Å². The molecule has 0 saturated heterocycles. The molecular formula is C15H16ClN5O3S2. The number of amides is 2. The second-order valence-corrected chi connectivity index (χ2v) is 7.31. The van der Waals surface area contributed by atoms with Gasteiger partial charge in [0.25, 0.3) is 5.91 Å². The smallest absolute Gasteiger partial charge is 0.276 e. The third-order valence-corrected chi connectivity index (χ3v) is 4.92. The lowest BCUT2D eigenvalue weighted by molar-refractivity contribution is -0.128. The minimum atomic E-state index is -0.481. The number of halogens is 1. The van der Waals surface area contributed by atoms with Gasteiger partial charge in [-0.25, -0.2) is 0 Å². The number of anilines is 1. The minimum absolute atomic E-state index is 0.0917. The van der Waals surface area contributed by atoms with E-state index in [-0.39, 0.29) is 18.3 Å². The summed E-state index contributed by atoms with van der Waals surface area (Å²) < 4.78 is 5.90. The molecule has 138 valence electrons. The van der Waals surface area contributed by atoms with Crippen molar-refractivity contribution in [2.24, 2.45) is 0 Å². The lowest BCUT2D eigenvalue weighted by Gasteiger charge is -2.08. The maximum Gasteiger partial charge on any atom is 0.276 e. The number of hydrogen-bond acceptors (Lipinski definition) is 8. The summed E-state index contributed by atoms with van der Waals surface area (Å²) in [5.74, 6) is -0.256. The van der Waals surface area contributed by atoms with E-state index in [1.807, 2.05) is 0 Å². The van der Waals surface area contributed by atoms with Gasteiger partial charge in [0.1, 0.15) is 5.75 Å². The van der Waals surface area contributed by atoms with Crippen molar-refractivity contribution in [2.75, 3.05) is 24.2 Å². The molecule has 11 heteroatoms. The number of rotatable bonds is 9. The predicted molar refractivity (Wildman–Crippen MR) is 103 cm³/mol. The highest BCUT2D eigenvalue weighted by atomic mass is 35.5. The largest absolute Gasteiger partial charge is 0.484 e. The van der Waals surface area contributed by atoms with Crippen molar-refractivity contribution in [3.63, 3.8) is 0 Å². The summed E-state index contributed by atoms with van der Waals surface area (Å²) in [5, 5.41) is 12.1. The van der Waals surface area contributed by atoms with Crippen molar-refractivity contribution in [2.45, 2.75) is 4.34 Å². The van der Waals surface area contributed by atoms with Gasteiger partial charge in [-0.2, -0.15) is 0 Å². The summed E-state index contributed by atoms with van der Waals surface area (Å²) in [4.78, 5) is 23.4. The number of thioether (sulfide) groups is 1. The van der Waals surface area contributed by atoms with Crippen LogP contribution in [0.1, 0.15) is 0 Å². The summed E-state index contributed by atoms with van der Waals surface area (Å²) in [6, 6.07) is 6.59. The summed E-state index contributed by atoms with van der Waals surface area (Å²) in [6.45, 7) is 3.95. The van der Waals surface area contributed by atoms with Crippen molar-refractivity contribution in [3.05, 3.63) is 41.9 Å². The van der Waals surface area contributed by atoms with Crippen LogP contribution in [0.4, 0.5) is 5.13 Å². The monoisotopic (exact) mass is 413 g/mol. The first-order valence-corrected chi connectivity index (χ1v) is 9.52. The number of hydrazine groups is 1. The number of carbonyl (C=O) groups excluding carboxylic acids is 2. The van der Waals surface area contributed by atoms with E-state index in [1.165, 1.54) is 23.1 Å². The fourth-order valence-electron chi connectivity index (χ4n) is 1.52. The number of nitrogens with zero attached hydrogens (tertiary/aromatic N) is 2. The van der Waals surface area contributed by atoms with Crippen LogP contribution in [-0.2, 0) is 9.59 Å². The van der Waals surface area contributed by atoms with E-state index >= 15 is 0 Å². The van der Waals surface area contributed by atoms with Gasteiger partial charge in [-0.3, -0.25) is 20.4 Å². The van der Waals surface area contributed by atoms with Crippen LogP contribution in [0, 0.1) is 0 Å². The summed E-state index contributed by atoms with van der Waals surface area (Å²) in [6.07, 6.45) is 1.71. The molecule has 0 aliphatic rings. The zero-order valence-electron chi connectivity index (χ0n) is 13.5. The molecule has 3 N–H and O–H groups in total. The SMILES string of the molecule is C=CCNc1nnc(SCC(=O)NNC(=O)COc2ccc(Cl)cc2)s1. The average Bonchev–Trinajstić information content (AvgIpc) is 3.10. The standard InChI is InChI=1S/C15H16ClN5O3S2/c1-2-7-17-14-20-21-15(26-14)25-9-13(23)19-18-12(22)8-24-11-5-3-10(16)4-6-11/h2-6H,1,7-9H2,(H,17,20)(H,18,22)(H,19,23). The van der Waals surface area contributed by atoms with Gasteiger partial charge in [0.2, 0.25) is 11.0 Å². The van der Waals surface area contributed by atoms with E-state index in [0.717, 1.165) is 0 Å². The molecule has 0 atom stereocenters. The summed E-state index contributed by atoms with van der Waals surface area (Å²) >= 11 is 8.31. The van der Waals surface area contributed by atoms with Crippen LogP contribution >= 0.6 is 34.7 Å².